The van der Waals surface area contributed by atoms with E-state index < -0.39 is 0 Å². The number of benzene rings is 1. The van der Waals surface area contributed by atoms with E-state index in [9.17, 15) is 0 Å². The fraction of sp³-hybridized carbons (Fsp3) is 0.250. The van der Waals surface area contributed by atoms with Crippen LogP contribution >= 0.6 is 0 Å². The molecule has 82 valence electrons. The largest absolute Gasteiger partial charge is 0.0952 e. The van der Waals surface area contributed by atoms with Gasteiger partial charge in [-0.2, -0.15) is 0 Å². The Morgan fingerprint density at radius 3 is 2.62 bits per heavy atom. The van der Waals surface area contributed by atoms with Gasteiger partial charge < -0.3 is 0 Å². The molecule has 1 aliphatic carbocycles. The lowest BCUT2D eigenvalue weighted by atomic mass is 9.95. The van der Waals surface area contributed by atoms with Crippen LogP contribution in [0.1, 0.15) is 25.3 Å². The summed E-state index contributed by atoms with van der Waals surface area (Å²) in [5.41, 5.74) is 5.46. The smallest absolute Gasteiger partial charge is 0.00231 e. The molecular weight excluding hydrogens is 192 g/mol. The van der Waals surface area contributed by atoms with Crippen LogP contribution < -0.4 is 0 Å². The van der Waals surface area contributed by atoms with Gasteiger partial charge in [0.25, 0.3) is 0 Å². The van der Waals surface area contributed by atoms with Crippen molar-refractivity contribution in [1.29, 1.82) is 0 Å². The maximum Gasteiger partial charge on any atom is -0.00231 e. The Morgan fingerprint density at radius 1 is 1.31 bits per heavy atom. The van der Waals surface area contributed by atoms with Crippen LogP contribution in [0.5, 0.6) is 0 Å². The van der Waals surface area contributed by atoms with Crippen molar-refractivity contribution in [2.45, 2.75) is 26.2 Å². The van der Waals surface area contributed by atoms with Gasteiger partial charge in [0.2, 0.25) is 0 Å². The van der Waals surface area contributed by atoms with E-state index in [1.54, 1.807) is 0 Å². The maximum atomic E-state index is 4.14. The van der Waals surface area contributed by atoms with Crippen LogP contribution in [0.25, 0.3) is 0 Å². The summed E-state index contributed by atoms with van der Waals surface area (Å²) in [5, 5.41) is 0. The summed E-state index contributed by atoms with van der Waals surface area (Å²) in [6, 6.07) is 10.6. The third-order valence-corrected chi connectivity index (χ3v) is 3.11. The summed E-state index contributed by atoms with van der Waals surface area (Å²) in [6.07, 6.45) is 7.83. The van der Waals surface area contributed by atoms with Gasteiger partial charge in [-0.25, -0.2) is 0 Å². The average molecular weight is 210 g/mol. The molecule has 0 saturated heterocycles. The first-order valence-electron chi connectivity index (χ1n) is 5.89. The predicted molar refractivity (Wildman–Crippen MR) is 70.4 cm³/mol. The second-order valence-electron chi connectivity index (χ2n) is 4.24. The fourth-order valence-electron chi connectivity index (χ4n) is 2.20. The maximum absolute atomic E-state index is 4.14. The number of rotatable bonds is 3. The molecular formula is C16H18. The molecule has 0 N–H and O–H groups in total. The second kappa shape index (κ2) is 4.98. The van der Waals surface area contributed by atoms with Crippen molar-refractivity contribution in [3.05, 3.63) is 71.3 Å². The van der Waals surface area contributed by atoms with E-state index in [2.05, 4.69) is 56.0 Å². The number of hydrogen-bond donors (Lipinski definition) is 0. The molecule has 1 aliphatic rings. The SMILES string of the molecule is C=C1CCC=C1/C(=C\C)Cc1ccccc1. The summed E-state index contributed by atoms with van der Waals surface area (Å²) in [5.74, 6) is 0. The topological polar surface area (TPSA) is 0 Å². The highest BCUT2D eigenvalue weighted by atomic mass is 14.2. The van der Waals surface area contributed by atoms with E-state index in [4.69, 9.17) is 0 Å². The fourth-order valence-corrected chi connectivity index (χ4v) is 2.20. The lowest BCUT2D eigenvalue weighted by Crippen LogP contribution is -1.94. The molecule has 0 amide bonds. The molecule has 0 saturated carbocycles. The van der Waals surface area contributed by atoms with E-state index >= 15 is 0 Å². The molecule has 0 spiro atoms. The van der Waals surface area contributed by atoms with E-state index in [1.165, 1.54) is 22.3 Å². The van der Waals surface area contributed by atoms with E-state index in [0.717, 1.165) is 19.3 Å². The Morgan fingerprint density at radius 2 is 2.06 bits per heavy atom. The summed E-state index contributed by atoms with van der Waals surface area (Å²) in [6.45, 7) is 6.25. The monoisotopic (exact) mass is 210 g/mol. The molecule has 0 aromatic heterocycles. The Kier molecular flexibility index (Phi) is 3.40. The minimum Gasteiger partial charge on any atom is -0.0952 e. The zero-order chi connectivity index (χ0) is 11.4. The van der Waals surface area contributed by atoms with Crippen molar-refractivity contribution in [1.82, 2.24) is 0 Å². The molecule has 0 unspecified atom stereocenters. The summed E-state index contributed by atoms with van der Waals surface area (Å²) in [7, 11) is 0. The van der Waals surface area contributed by atoms with Crippen LogP contribution in [-0.2, 0) is 6.42 Å². The van der Waals surface area contributed by atoms with Crippen molar-refractivity contribution in [3.63, 3.8) is 0 Å². The van der Waals surface area contributed by atoms with Crippen LogP contribution in [0.15, 0.2) is 65.8 Å². The zero-order valence-corrected chi connectivity index (χ0v) is 9.87. The molecule has 0 fully saturated rings. The predicted octanol–water partition coefficient (Wildman–Crippen LogP) is 4.45. The minimum absolute atomic E-state index is 1.02. The molecule has 2 rings (SSSR count). The van der Waals surface area contributed by atoms with Gasteiger partial charge in [0, 0.05) is 0 Å². The summed E-state index contributed by atoms with van der Waals surface area (Å²) < 4.78 is 0. The van der Waals surface area contributed by atoms with Crippen LogP contribution in [-0.4, -0.2) is 0 Å². The first-order chi connectivity index (χ1) is 7.81. The van der Waals surface area contributed by atoms with Gasteiger partial charge in [0.15, 0.2) is 0 Å². The molecule has 0 heteroatoms. The zero-order valence-electron chi connectivity index (χ0n) is 9.87. The van der Waals surface area contributed by atoms with E-state index in [0.29, 0.717) is 0 Å². The minimum atomic E-state index is 1.02. The van der Waals surface area contributed by atoms with E-state index in [1.807, 2.05) is 0 Å². The lowest BCUT2D eigenvalue weighted by Gasteiger charge is -2.10. The van der Waals surface area contributed by atoms with Crippen molar-refractivity contribution >= 4 is 0 Å². The molecule has 0 bridgehead atoms. The average Bonchev–Trinajstić information content (AvgIpc) is 2.74. The Bertz CT molecular complexity index is 432. The molecule has 1 aromatic carbocycles. The first kappa shape index (κ1) is 10.9. The highest BCUT2D eigenvalue weighted by molar-refractivity contribution is 5.50. The number of allylic oxidation sites excluding steroid dienone is 5. The van der Waals surface area contributed by atoms with E-state index in [-0.39, 0.29) is 0 Å². The van der Waals surface area contributed by atoms with Gasteiger partial charge in [-0.05, 0) is 48.5 Å². The van der Waals surface area contributed by atoms with Gasteiger partial charge in [-0.3, -0.25) is 0 Å². The highest BCUT2D eigenvalue weighted by Crippen LogP contribution is 2.30. The van der Waals surface area contributed by atoms with Crippen molar-refractivity contribution in [2.24, 2.45) is 0 Å². The summed E-state index contributed by atoms with van der Waals surface area (Å²) >= 11 is 0. The number of hydrogen-bond acceptors (Lipinski definition) is 0. The second-order valence-corrected chi connectivity index (χ2v) is 4.24. The molecule has 0 heterocycles. The normalized spacial score (nSPS) is 16.4. The molecule has 0 nitrogen and oxygen atoms in total. The lowest BCUT2D eigenvalue weighted by molar-refractivity contribution is 1.06. The van der Waals surface area contributed by atoms with Crippen LogP contribution in [0.2, 0.25) is 0 Å². The molecule has 0 atom stereocenters. The molecule has 1 aromatic rings. The quantitative estimate of drug-likeness (QED) is 0.691. The van der Waals surface area contributed by atoms with Crippen LogP contribution in [0, 0.1) is 0 Å². The highest BCUT2D eigenvalue weighted by Gasteiger charge is 2.13. The van der Waals surface area contributed by atoms with Crippen molar-refractivity contribution < 1.29 is 0 Å². The van der Waals surface area contributed by atoms with Gasteiger partial charge in [-0.15, -0.1) is 0 Å². The van der Waals surface area contributed by atoms with Gasteiger partial charge in [0.1, 0.15) is 0 Å². The standard InChI is InChI=1S/C16H18/c1-3-15(16-11-7-8-13(16)2)12-14-9-5-4-6-10-14/h3-6,9-11H,2,7-8,12H2,1H3/b15-3-. The van der Waals surface area contributed by atoms with Gasteiger partial charge in [-0.1, -0.05) is 49.1 Å². The third kappa shape index (κ3) is 2.33. The van der Waals surface area contributed by atoms with Gasteiger partial charge >= 0.3 is 0 Å². The van der Waals surface area contributed by atoms with Crippen LogP contribution in [0.3, 0.4) is 0 Å². The summed E-state index contributed by atoms with van der Waals surface area (Å²) in [4.78, 5) is 0. The molecule has 0 aliphatic heterocycles. The van der Waals surface area contributed by atoms with Crippen LogP contribution in [0.4, 0.5) is 0 Å². The Labute approximate surface area is 98.0 Å². The first-order valence-corrected chi connectivity index (χ1v) is 5.89. The van der Waals surface area contributed by atoms with Gasteiger partial charge in [0.05, 0.1) is 0 Å². The van der Waals surface area contributed by atoms with Crippen molar-refractivity contribution in [3.8, 4) is 0 Å². The molecule has 0 radical (unpaired) electrons. The Hall–Kier alpha value is -1.56. The third-order valence-electron chi connectivity index (χ3n) is 3.11. The Balaban J connectivity index is 2.17. The van der Waals surface area contributed by atoms with Crippen molar-refractivity contribution in [2.75, 3.05) is 0 Å². The molecule has 16 heavy (non-hydrogen) atoms.